The summed E-state index contributed by atoms with van der Waals surface area (Å²) in [6, 6.07) is 12.1. The molecule has 2 heterocycles. The third-order valence-corrected chi connectivity index (χ3v) is 4.61. The number of thioether (sulfide) groups is 1. The van der Waals surface area contributed by atoms with Gasteiger partial charge in [0.1, 0.15) is 0 Å². The van der Waals surface area contributed by atoms with Crippen LogP contribution in [-0.4, -0.2) is 10.1 Å². The molecular weight excluding hydrogens is 290 g/mol. The fraction of sp³-hybridized carbons (Fsp3) is 0.143. The summed E-state index contributed by atoms with van der Waals surface area (Å²) in [5.41, 5.74) is 6.95. The van der Waals surface area contributed by atoms with Crippen molar-refractivity contribution in [1.82, 2.24) is 10.1 Å². The third kappa shape index (κ3) is 3.02. The molecule has 102 valence electrons. The molecule has 0 aliphatic rings. The molecule has 0 unspecified atom stereocenters. The minimum Gasteiger partial charge on any atom is -0.391 e. The lowest BCUT2D eigenvalue weighted by Crippen LogP contribution is -1.83. The summed E-state index contributed by atoms with van der Waals surface area (Å²) in [5, 5.41) is 4.74. The van der Waals surface area contributed by atoms with E-state index >= 15 is 0 Å². The van der Waals surface area contributed by atoms with Crippen LogP contribution >= 0.6 is 23.1 Å². The van der Waals surface area contributed by atoms with E-state index in [0.29, 0.717) is 17.5 Å². The van der Waals surface area contributed by atoms with Crippen molar-refractivity contribution in [3.05, 3.63) is 47.8 Å². The molecule has 0 fully saturated rings. The summed E-state index contributed by atoms with van der Waals surface area (Å²) in [7, 11) is 0. The van der Waals surface area contributed by atoms with Gasteiger partial charge < -0.3 is 10.3 Å². The molecule has 2 N–H and O–H groups in total. The second kappa shape index (κ2) is 5.68. The largest absolute Gasteiger partial charge is 0.391 e. The van der Waals surface area contributed by atoms with E-state index in [0.717, 1.165) is 9.88 Å². The van der Waals surface area contributed by atoms with E-state index in [4.69, 9.17) is 10.3 Å². The number of rotatable bonds is 4. The Balaban J connectivity index is 1.67. The van der Waals surface area contributed by atoms with Crippen LogP contribution in [0.1, 0.15) is 11.4 Å². The lowest BCUT2D eigenvalue weighted by atomic mass is 10.2. The quantitative estimate of drug-likeness (QED) is 0.738. The summed E-state index contributed by atoms with van der Waals surface area (Å²) in [6.07, 6.45) is 0. The molecule has 0 amide bonds. The monoisotopic (exact) mass is 303 g/mol. The fourth-order valence-corrected chi connectivity index (χ4v) is 3.10. The second-order valence-corrected chi connectivity index (χ2v) is 6.48. The highest BCUT2D eigenvalue weighted by Crippen LogP contribution is 2.29. The van der Waals surface area contributed by atoms with Gasteiger partial charge in [-0.25, -0.2) is 0 Å². The van der Waals surface area contributed by atoms with E-state index in [1.54, 1.807) is 11.8 Å². The fourth-order valence-electron chi connectivity index (χ4n) is 1.66. The van der Waals surface area contributed by atoms with Crippen LogP contribution < -0.4 is 5.73 Å². The van der Waals surface area contributed by atoms with E-state index in [1.807, 2.05) is 12.1 Å². The lowest BCUT2D eigenvalue weighted by Gasteiger charge is -1.98. The summed E-state index contributed by atoms with van der Waals surface area (Å²) < 4.78 is 5.25. The Hall–Kier alpha value is -1.79. The molecule has 4 nitrogen and oxygen atoms in total. The number of anilines is 1. The first-order valence-corrected chi connectivity index (χ1v) is 7.88. The highest BCUT2D eigenvalue weighted by atomic mass is 32.2. The van der Waals surface area contributed by atoms with Gasteiger partial charge in [0.15, 0.2) is 5.82 Å². The van der Waals surface area contributed by atoms with Gasteiger partial charge in [0.05, 0.1) is 15.6 Å². The minimum absolute atomic E-state index is 0.534. The Bertz CT molecular complexity index is 703. The third-order valence-electron chi connectivity index (χ3n) is 2.69. The van der Waals surface area contributed by atoms with Crippen molar-refractivity contribution >= 4 is 28.1 Å². The zero-order valence-electron chi connectivity index (χ0n) is 10.9. The van der Waals surface area contributed by atoms with Crippen LogP contribution in [0.25, 0.3) is 10.8 Å². The van der Waals surface area contributed by atoms with Crippen molar-refractivity contribution in [1.29, 1.82) is 0 Å². The first-order valence-electron chi connectivity index (χ1n) is 6.08. The van der Waals surface area contributed by atoms with Crippen LogP contribution in [-0.2, 0) is 5.75 Å². The van der Waals surface area contributed by atoms with Crippen LogP contribution in [0, 0.1) is 6.92 Å². The zero-order valence-corrected chi connectivity index (χ0v) is 12.5. The van der Waals surface area contributed by atoms with Crippen LogP contribution in [0.3, 0.4) is 0 Å². The molecule has 0 aliphatic heterocycles. The average Bonchev–Trinajstić information content (AvgIpc) is 3.07. The van der Waals surface area contributed by atoms with Gasteiger partial charge >= 0.3 is 0 Å². The number of benzene rings is 1. The summed E-state index contributed by atoms with van der Waals surface area (Å²) >= 11 is 3.13. The Kier molecular flexibility index (Phi) is 3.75. The van der Waals surface area contributed by atoms with Crippen molar-refractivity contribution in [2.75, 3.05) is 5.73 Å². The average molecular weight is 303 g/mol. The van der Waals surface area contributed by atoms with E-state index in [9.17, 15) is 0 Å². The number of nitrogens with two attached hydrogens (primary N) is 1. The van der Waals surface area contributed by atoms with Gasteiger partial charge in [0, 0.05) is 4.90 Å². The molecule has 3 rings (SSSR count). The Labute approximate surface area is 125 Å². The summed E-state index contributed by atoms with van der Waals surface area (Å²) in [6.45, 7) is 2.08. The Morgan fingerprint density at radius 2 is 2.00 bits per heavy atom. The number of thiophene rings is 1. The maximum absolute atomic E-state index is 5.69. The molecule has 0 saturated carbocycles. The van der Waals surface area contributed by atoms with Gasteiger partial charge in [-0.2, -0.15) is 4.98 Å². The lowest BCUT2D eigenvalue weighted by molar-refractivity contribution is 0.426. The topological polar surface area (TPSA) is 64.9 Å². The van der Waals surface area contributed by atoms with Gasteiger partial charge in [0.25, 0.3) is 5.89 Å². The van der Waals surface area contributed by atoms with Crippen LogP contribution in [0.4, 0.5) is 5.00 Å². The van der Waals surface area contributed by atoms with Gasteiger partial charge in [-0.05, 0) is 31.2 Å². The van der Waals surface area contributed by atoms with E-state index in [2.05, 4.69) is 41.3 Å². The SMILES string of the molecule is Cc1ccc(SCc2noc(-c3ccc(N)s3)n2)cc1. The van der Waals surface area contributed by atoms with Gasteiger partial charge in [-0.1, -0.05) is 22.9 Å². The predicted octanol–water partition coefficient (Wildman–Crippen LogP) is 3.98. The smallest absolute Gasteiger partial charge is 0.268 e. The molecule has 0 bridgehead atoms. The molecule has 0 radical (unpaired) electrons. The first-order chi connectivity index (χ1) is 9.70. The van der Waals surface area contributed by atoms with Crippen molar-refractivity contribution in [3.8, 4) is 10.8 Å². The van der Waals surface area contributed by atoms with Crippen LogP contribution in [0.2, 0.25) is 0 Å². The van der Waals surface area contributed by atoms with Crippen molar-refractivity contribution < 1.29 is 4.52 Å². The van der Waals surface area contributed by atoms with Crippen LogP contribution in [0.15, 0.2) is 45.8 Å². The highest BCUT2D eigenvalue weighted by Gasteiger charge is 2.11. The first kappa shape index (κ1) is 13.2. The standard InChI is InChI=1S/C14H13N3OS2/c1-9-2-4-10(5-3-9)19-8-13-16-14(18-17-13)11-6-7-12(15)20-11/h2-7H,8,15H2,1H3. The number of nitrogen functional groups attached to an aromatic ring is 1. The normalized spacial score (nSPS) is 10.8. The molecule has 0 aliphatic carbocycles. The van der Waals surface area contributed by atoms with E-state index in [-0.39, 0.29) is 0 Å². The Morgan fingerprint density at radius 3 is 2.70 bits per heavy atom. The minimum atomic E-state index is 0.534. The zero-order chi connectivity index (χ0) is 13.9. The number of nitrogens with zero attached hydrogens (tertiary/aromatic N) is 2. The molecule has 0 atom stereocenters. The van der Waals surface area contributed by atoms with Crippen molar-refractivity contribution in [2.24, 2.45) is 0 Å². The maximum Gasteiger partial charge on any atom is 0.268 e. The molecule has 6 heteroatoms. The van der Waals surface area contributed by atoms with E-state index < -0.39 is 0 Å². The van der Waals surface area contributed by atoms with Crippen molar-refractivity contribution in [3.63, 3.8) is 0 Å². The molecule has 3 aromatic rings. The summed E-state index contributed by atoms with van der Waals surface area (Å²) in [4.78, 5) is 6.48. The van der Waals surface area contributed by atoms with E-state index in [1.165, 1.54) is 21.8 Å². The van der Waals surface area contributed by atoms with Crippen molar-refractivity contribution in [2.45, 2.75) is 17.6 Å². The Morgan fingerprint density at radius 1 is 1.20 bits per heavy atom. The predicted molar refractivity (Wildman–Crippen MR) is 82.8 cm³/mol. The molecular formula is C14H13N3OS2. The maximum atomic E-state index is 5.69. The number of aryl methyl sites for hydroxylation is 1. The van der Waals surface area contributed by atoms with Gasteiger partial charge in [-0.3, -0.25) is 0 Å². The second-order valence-electron chi connectivity index (χ2n) is 4.32. The molecule has 0 spiro atoms. The molecule has 1 aromatic carbocycles. The van der Waals surface area contributed by atoms with Crippen LogP contribution in [0.5, 0.6) is 0 Å². The number of aromatic nitrogens is 2. The summed E-state index contributed by atoms with van der Waals surface area (Å²) in [5.74, 6) is 1.91. The number of hydrogen-bond acceptors (Lipinski definition) is 6. The molecule has 0 saturated heterocycles. The van der Waals surface area contributed by atoms with Gasteiger partial charge in [0.2, 0.25) is 0 Å². The van der Waals surface area contributed by atoms with Gasteiger partial charge in [-0.15, -0.1) is 23.1 Å². The molecule has 2 aromatic heterocycles. The highest BCUT2D eigenvalue weighted by molar-refractivity contribution is 7.98. The number of hydrogen-bond donors (Lipinski definition) is 1. The molecule has 20 heavy (non-hydrogen) atoms.